The van der Waals surface area contributed by atoms with Crippen molar-refractivity contribution in [2.24, 2.45) is 0 Å². The minimum Gasteiger partial charge on any atom is -0.375 e. The second-order valence-electron chi connectivity index (χ2n) is 6.63. The van der Waals surface area contributed by atoms with Crippen LogP contribution in [-0.4, -0.2) is 48.3 Å². The lowest BCUT2D eigenvalue weighted by Gasteiger charge is -2.38. The van der Waals surface area contributed by atoms with Crippen molar-refractivity contribution in [3.8, 4) is 0 Å². The largest absolute Gasteiger partial charge is 0.375 e. The molecule has 3 fully saturated rings. The predicted molar refractivity (Wildman–Crippen MR) is 73.8 cm³/mol. The average Bonchev–Trinajstić information content (AvgIpc) is 3.12. The zero-order valence-electron chi connectivity index (χ0n) is 11.9. The van der Waals surface area contributed by atoms with E-state index in [-0.39, 0.29) is 0 Å². The van der Waals surface area contributed by atoms with Crippen LogP contribution in [0.15, 0.2) is 0 Å². The van der Waals surface area contributed by atoms with Crippen LogP contribution in [0.5, 0.6) is 0 Å². The molecule has 0 aromatic carbocycles. The minimum absolute atomic E-state index is 0.429. The van der Waals surface area contributed by atoms with Crippen molar-refractivity contribution in [1.29, 1.82) is 0 Å². The number of piperidine rings is 1. The summed E-state index contributed by atoms with van der Waals surface area (Å²) >= 11 is 0. The summed E-state index contributed by atoms with van der Waals surface area (Å²) in [7, 11) is 0. The van der Waals surface area contributed by atoms with Crippen LogP contribution in [0.25, 0.3) is 0 Å². The Bertz CT molecular complexity index is 262. The molecule has 0 bridgehead atoms. The van der Waals surface area contributed by atoms with Crippen molar-refractivity contribution in [2.75, 3.05) is 13.1 Å². The zero-order valence-corrected chi connectivity index (χ0v) is 11.9. The molecule has 2 heterocycles. The van der Waals surface area contributed by atoms with Crippen LogP contribution in [0.4, 0.5) is 0 Å². The van der Waals surface area contributed by atoms with Crippen LogP contribution in [-0.2, 0) is 4.74 Å². The first-order valence-electron chi connectivity index (χ1n) is 7.86. The summed E-state index contributed by atoms with van der Waals surface area (Å²) in [6.07, 6.45) is 8.82. The highest BCUT2D eigenvalue weighted by Gasteiger charge is 2.33. The van der Waals surface area contributed by atoms with Crippen molar-refractivity contribution in [1.82, 2.24) is 10.2 Å². The molecule has 1 N–H and O–H groups in total. The van der Waals surface area contributed by atoms with Crippen molar-refractivity contribution < 1.29 is 4.74 Å². The molecule has 0 spiro atoms. The monoisotopic (exact) mass is 252 g/mol. The van der Waals surface area contributed by atoms with Gasteiger partial charge in [0.1, 0.15) is 0 Å². The molecule has 3 rings (SSSR count). The Morgan fingerprint density at radius 2 is 1.50 bits per heavy atom. The third-order valence-electron chi connectivity index (χ3n) is 4.76. The molecule has 2 saturated heterocycles. The smallest absolute Gasteiger partial charge is 0.0565 e. The highest BCUT2D eigenvalue weighted by atomic mass is 16.5. The summed E-state index contributed by atoms with van der Waals surface area (Å²) in [5, 5.41) is 3.89. The van der Waals surface area contributed by atoms with Crippen LogP contribution in [0, 0.1) is 0 Å². The number of nitrogens with zero attached hydrogens (tertiary/aromatic N) is 1. The molecule has 3 heteroatoms. The van der Waals surface area contributed by atoms with E-state index in [4.69, 9.17) is 4.74 Å². The summed E-state index contributed by atoms with van der Waals surface area (Å²) in [5.74, 6) is 0. The first kappa shape index (κ1) is 12.9. The number of rotatable bonds is 3. The molecule has 2 unspecified atom stereocenters. The molecule has 3 nitrogen and oxygen atoms in total. The van der Waals surface area contributed by atoms with Crippen LogP contribution >= 0.6 is 0 Å². The number of hydrogen-bond acceptors (Lipinski definition) is 3. The van der Waals surface area contributed by atoms with Gasteiger partial charge in [0.05, 0.1) is 12.2 Å². The first-order chi connectivity index (χ1) is 8.70. The fourth-order valence-electron chi connectivity index (χ4n) is 3.75. The van der Waals surface area contributed by atoms with Gasteiger partial charge < -0.3 is 15.0 Å². The summed E-state index contributed by atoms with van der Waals surface area (Å²) in [6.45, 7) is 7.05. The molecular weight excluding hydrogens is 224 g/mol. The lowest BCUT2D eigenvalue weighted by molar-refractivity contribution is -0.0445. The maximum absolute atomic E-state index is 5.81. The fourth-order valence-corrected chi connectivity index (χ4v) is 3.75. The van der Waals surface area contributed by atoms with E-state index in [2.05, 4.69) is 24.1 Å². The summed E-state index contributed by atoms with van der Waals surface area (Å²) in [4.78, 5) is 2.70. The Hall–Kier alpha value is -0.120. The van der Waals surface area contributed by atoms with Crippen molar-refractivity contribution in [3.05, 3.63) is 0 Å². The summed E-state index contributed by atoms with van der Waals surface area (Å²) in [5.41, 5.74) is 0. The highest BCUT2D eigenvalue weighted by molar-refractivity contribution is 4.90. The van der Waals surface area contributed by atoms with E-state index in [1.54, 1.807) is 0 Å². The average molecular weight is 252 g/mol. The van der Waals surface area contributed by atoms with Gasteiger partial charge in [-0.2, -0.15) is 0 Å². The highest BCUT2D eigenvalue weighted by Crippen LogP contribution is 2.29. The number of ether oxygens (including phenoxy) is 1. The lowest BCUT2D eigenvalue weighted by Crippen LogP contribution is -2.50. The maximum atomic E-state index is 5.81. The molecule has 2 atom stereocenters. The Labute approximate surface area is 111 Å². The van der Waals surface area contributed by atoms with Gasteiger partial charge in [-0.3, -0.25) is 0 Å². The lowest BCUT2D eigenvalue weighted by atomic mass is 9.96. The van der Waals surface area contributed by atoms with Crippen molar-refractivity contribution in [3.63, 3.8) is 0 Å². The molecule has 2 aliphatic heterocycles. The van der Waals surface area contributed by atoms with E-state index in [1.165, 1.54) is 51.6 Å². The van der Waals surface area contributed by atoms with Crippen molar-refractivity contribution >= 4 is 0 Å². The van der Waals surface area contributed by atoms with E-state index >= 15 is 0 Å². The second-order valence-corrected chi connectivity index (χ2v) is 6.63. The van der Waals surface area contributed by atoms with Crippen LogP contribution in [0.2, 0.25) is 0 Å². The summed E-state index contributed by atoms with van der Waals surface area (Å²) < 4.78 is 5.81. The molecule has 0 aromatic heterocycles. The normalized spacial score (nSPS) is 40.0. The van der Waals surface area contributed by atoms with Crippen molar-refractivity contribution in [2.45, 2.75) is 82.7 Å². The zero-order chi connectivity index (χ0) is 12.5. The van der Waals surface area contributed by atoms with Gasteiger partial charge >= 0.3 is 0 Å². The van der Waals surface area contributed by atoms with Gasteiger partial charge in [-0.25, -0.2) is 0 Å². The second kappa shape index (κ2) is 5.48. The molecule has 104 valence electrons. The Morgan fingerprint density at radius 1 is 0.889 bits per heavy atom. The van der Waals surface area contributed by atoms with Gasteiger partial charge in [-0.1, -0.05) is 0 Å². The number of likely N-dealkylation sites (tertiary alicyclic amines) is 1. The van der Waals surface area contributed by atoms with Gasteiger partial charge in [-0.05, 0) is 65.5 Å². The number of hydrogen-bond donors (Lipinski definition) is 1. The SMILES string of the molecule is CC1CC(NC2CCN(C3CC3)CC2)CC(C)O1. The molecule has 0 amide bonds. The third kappa shape index (κ3) is 3.25. The van der Waals surface area contributed by atoms with Gasteiger partial charge in [-0.15, -0.1) is 0 Å². The third-order valence-corrected chi connectivity index (χ3v) is 4.76. The molecule has 0 aromatic rings. The molecule has 3 aliphatic rings. The van der Waals surface area contributed by atoms with E-state index in [0.29, 0.717) is 18.2 Å². The minimum atomic E-state index is 0.429. The maximum Gasteiger partial charge on any atom is 0.0565 e. The van der Waals surface area contributed by atoms with Gasteiger partial charge in [0, 0.05) is 18.1 Å². The van der Waals surface area contributed by atoms with E-state index in [1.807, 2.05) is 0 Å². The molecule has 1 aliphatic carbocycles. The van der Waals surface area contributed by atoms with Gasteiger partial charge in [0.15, 0.2) is 0 Å². The van der Waals surface area contributed by atoms with Gasteiger partial charge in [0.2, 0.25) is 0 Å². The quantitative estimate of drug-likeness (QED) is 0.833. The van der Waals surface area contributed by atoms with E-state index < -0.39 is 0 Å². The first-order valence-corrected chi connectivity index (χ1v) is 7.86. The Kier molecular flexibility index (Phi) is 3.92. The van der Waals surface area contributed by atoms with Crippen LogP contribution < -0.4 is 5.32 Å². The Morgan fingerprint density at radius 3 is 2.06 bits per heavy atom. The number of nitrogens with one attached hydrogen (secondary N) is 1. The molecule has 1 saturated carbocycles. The Balaban J connectivity index is 1.42. The van der Waals surface area contributed by atoms with E-state index in [0.717, 1.165) is 12.1 Å². The predicted octanol–water partition coefficient (Wildman–Crippen LogP) is 2.16. The van der Waals surface area contributed by atoms with E-state index in [9.17, 15) is 0 Å². The molecular formula is C15H28N2O. The summed E-state index contributed by atoms with van der Waals surface area (Å²) in [6, 6.07) is 2.39. The fraction of sp³-hybridized carbons (Fsp3) is 1.00. The molecule has 0 radical (unpaired) electrons. The van der Waals surface area contributed by atoms with Crippen LogP contribution in [0.3, 0.4) is 0 Å². The molecule has 18 heavy (non-hydrogen) atoms. The topological polar surface area (TPSA) is 24.5 Å². The van der Waals surface area contributed by atoms with Gasteiger partial charge in [0.25, 0.3) is 0 Å². The standard InChI is InChI=1S/C15H28N2O/c1-11-9-14(10-12(2)18-11)16-13-5-7-17(8-6-13)15-3-4-15/h11-16H,3-10H2,1-2H3. The van der Waals surface area contributed by atoms with Crippen LogP contribution in [0.1, 0.15) is 52.4 Å².